The summed E-state index contributed by atoms with van der Waals surface area (Å²) in [5.74, 6) is -0.00849. The zero-order valence-electron chi connectivity index (χ0n) is 36.3. The number of nitrogens with one attached hydrogen (secondary N) is 2. The Hall–Kier alpha value is -5.31. The van der Waals surface area contributed by atoms with E-state index in [0.29, 0.717) is 83.6 Å². The summed E-state index contributed by atoms with van der Waals surface area (Å²) in [7, 11) is -1.70. The number of amides is 2. The molecule has 0 atom stereocenters. The second-order valence-electron chi connectivity index (χ2n) is 18.6. The lowest BCUT2D eigenvalue weighted by molar-refractivity contribution is -0.141. The number of aromatic nitrogens is 4. The number of anilines is 2. The predicted molar refractivity (Wildman–Crippen MR) is 236 cm³/mol. The van der Waals surface area contributed by atoms with Crippen molar-refractivity contribution in [2.75, 3.05) is 33.6 Å². The third-order valence-electron chi connectivity index (χ3n) is 12.1. The van der Waals surface area contributed by atoms with Gasteiger partial charge in [-0.15, -0.1) is 0 Å². The van der Waals surface area contributed by atoms with Crippen molar-refractivity contribution in [3.63, 3.8) is 0 Å². The van der Waals surface area contributed by atoms with E-state index in [4.69, 9.17) is 11.5 Å². The molecule has 2 aromatic carbocycles. The lowest BCUT2D eigenvalue weighted by atomic mass is 9.75. The predicted octanol–water partition coefficient (Wildman–Crippen LogP) is 6.86. The Kier molecular flexibility index (Phi) is 13.3. The molecule has 350 valence electrons. The molecular formula is C44H51F5N8O6S2. The Bertz CT molecular complexity index is 2600. The number of nitrogens with zero attached hydrogens (tertiary/aromatic N) is 4. The van der Waals surface area contributed by atoms with Crippen molar-refractivity contribution in [2.45, 2.75) is 104 Å². The smallest absolute Gasteiger partial charge is 0.382 e. The molecule has 2 fully saturated rings. The molecular weight excluding hydrogens is 896 g/mol. The summed E-state index contributed by atoms with van der Waals surface area (Å²) in [5, 5.41) is 14.5. The molecule has 14 nitrogen and oxygen atoms in total. The number of rotatable bonds is 9. The Labute approximate surface area is 376 Å². The topological polar surface area (TPSA) is 214 Å². The fraction of sp³-hybridized carbons (Fsp3) is 0.500. The van der Waals surface area contributed by atoms with Crippen LogP contribution in [0.5, 0.6) is 0 Å². The van der Waals surface area contributed by atoms with Gasteiger partial charge in [0.2, 0.25) is 0 Å². The molecule has 65 heavy (non-hydrogen) atoms. The Balaban J connectivity index is 0.000000194. The number of Topliss-reactive ketones (excluding diaryl/α,β-unsaturated/α-hetero) is 2. The SMILES string of the molecule is CC1(C)CC(=O)c2c(C(F)(F)F)nn(-c3ccc(C(N)=O)c(NC4CCS(=O)CC4)c3)c2C1.CC1(C)CC(=O)c2c(C(F)F)nn(-c3ccc(C(N)=O)c(NC4CCS(=O)CC4)c3)c2C1. The molecule has 0 spiro atoms. The number of halogens is 5. The fourth-order valence-electron chi connectivity index (χ4n) is 9.02. The van der Waals surface area contributed by atoms with Gasteiger partial charge < -0.3 is 22.1 Å². The van der Waals surface area contributed by atoms with Crippen molar-refractivity contribution < 1.29 is 49.5 Å². The summed E-state index contributed by atoms with van der Waals surface area (Å²) < 4.78 is 94.5. The van der Waals surface area contributed by atoms with Gasteiger partial charge in [-0.3, -0.25) is 27.6 Å². The van der Waals surface area contributed by atoms with Crippen LogP contribution >= 0.6 is 0 Å². The van der Waals surface area contributed by atoms with E-state index in [-0.39, 0.29) is 70.5 Å². The van der Waals surface area contributed by atoms with Crippen molar-refractivity contribution >= 4 is 56.4 Å². The van der Waals surface area contributed by atoms with Crippen molar-refractivity contribution in [3.05, 3.63) is 81.4 Å². The molecule has 2 amide bonds. The van der Waals surface area contributed by atoms with E-state index in [1.807, 2.05) is 27.7 Å². The third kappa shape index (κ3) is 10.4. The minimum absolute atomic E-state index is 0.00238. The molecule has 0 radical (unpaired) electrons. The van der Waals surface area contributed by atoms with Crippen LogP contribution in [0.3, 0.4) is 0 Å². The zero-order chi connectivity index (χ0) is 47.3. The maximum atomic E-state index is 13.7. The number of hydrogen-bond acceptors (Lipinski definition) is 10. The second-order valence-corrected chi connectivity index (χ2v) is 22.0. The van der Waals surface area contributed by atoms with Crippen molar-refractivity contribution in [1.29, 1.82) is 0 Å². The van der Waals surface area contributed by atoms with Crippen LogP contribution in [0.25, 0.3) is 11.4 Å². The Morgan fingerprint density at radius 3 is 1.49 bits per heavy atom. The standard InChI is InChI=1S/C22H25F3N4O3S.C22H26F2N4O3S/c1-21(2)10-16-18(17(30)11-21)19(22(23,24)25)28-29(16)13-3-4-14(20(26)31)15(9-13)27-12-5-7-33(32)8-6-12;1-22(2)10-16-18(17(29)11-22)19(20(23)24)27-28(16)13-3-4-14(21(25)30)15(9-13)26-12-5-7-32(31)8-6-12/h3-4,9,12,27H,5-8,10-11H2,1-2H3,(H2,26,31);3-4,9,12,20,26H,5-8,10-11H2,1-2H3,(H2,25,30). The summed E-state index contributed by atoms with van der Waals surface area (Å²) in [6.45, 7) is 7.50. The van der Waals surface area contributed by atoms with Crippen molar-refractivity contribution in [2.24, 2.45) is 22.3 Å². The molecule has 4 aliphatic rings. The van der Waals surface area contributed by atoms with E-state index < -0.39 is 68.6 Å². The summed E-state index contributed by atoms with van der Waals surface area (Å²) >= 11 is 0. The minimum atomic E-state index is -4.78. The van der Waals surface area contributed by atoms with E-state index in [2.05, 4.69) is 20.8 Å². The van der Waals surface area contributed by atoms with Crippen LogP contribution in [0, 0.1) is 10.8 Å². The normalized spacial score (nSPS) is 22.6. The highest BCUT2D eigenvalue weighted by atomic mass is 32.2. The highest BCUT2D eigenvalue weighted by molar-refractivity contribution is 7.85. The first-order valence-corrected chi connectivity index (χ1v) is 24.2. The lowest BCUT2D eigenvalue weighted by Crippen LogP contribution is -2.30. The monoisotopic (exact) mass is 946 g/mol. The molecule has 4 heterocycles. The molecule has 2 saturated heterocycles. The average Bonchev–Trinajstić information content (AvgIpc) is 3.79. The second kappa shape index (κ2) is 18.2. The minimum Gasteiger partial charge on any atom is -0.382 e. The highest BCUT2D eigenvalue weighted by Crippen LogP contribution is 2.43. The number of hydrogen-bond donors (Lipinski definition) is 4. The third-order valence-corrected chi connectivity index (χ3v) is 14.9. The molecule has 6 N–H and O–H groups in total. The van der Waals surface area contributed by atoms with Gasteiger partial charge in [0.15, 0.2) is 17.3 Å². The zero-order valence-corrected chi connectivity index (χ0v) is 37.9. The van der Waals surface area contributed by atoms with E-state index in [1.54, 1.807) is 12.1 Å². The van der Waals surface area contributed by atoms with Crippen molar-refractivity contribution in [3.8, 4) is 11.4 Å². The largest absolute Gasteiger partial charge is 0.435 e. The van der Waals surface area contributed by atoms with Gasteiger partial charge in [0.25, 0.3) is 18.2 Å². The fourth-order valence-corrected chi connectivity index (χ4v) is 11.6. The van der Waals surface area contributed by atoms with Gasteiger partial charge in [0.1, 0.15) is 5.69 Å². The van der Waals surface area contributed by atoms with Crippen LogP contribution in [0.1, 0.15) is 137 Å². The number of alkyl halides is 5. The molecule has 0 saturated carbocycles. The van der Waals surface area contributed by atoms with Gasteiger partial charge >= 0.3 is 6.18 Å². The average molecular weight is 947 g/mol. The summed E-state index contributed by atoms with van der Waals surface area (Å²) in [5.41, 5.74) is 10.8. The molecule has 2 aliphatic carbocycles. The number of nitrogens with two attached hydrogens (primary N) is 2. The molecule has 2 aliphatic heterocycles. The molecule has 0 bridgehead atoms. The number of carbonyl (C=O) groups is 4. The summed E-state index contributed by atoms with van der Waals surface area (Å²) in [6, 6.07) is 9.20. The Morgan fingerprint density at radius 2 is 1.09 bits per heavy atom. The quantitative estimate of drug-likeness (QED) is 0.128. The van der Waals surface area contributed by atoms with Gasteiger partial charge in [-0.05, 0) is 85.8 Å². The van der Waals surface area contributed by atoms with Gasteiger partial charge in [-0.2, -0.15) is 23.4 Å². The van der Waals surface area contributed by atoms with E-state index >= 15 is 0 Å². The lowest BCUT2D eigenvalue weighted by Gasteiger charge is -2.29. The van der Waals surface area contributed by atoms with Crippen LogP contribution in [0.15, 0.2) is 36.4 Å². The molecule has 0 unspecified atom stereocenters. The number of carbonyl (C=O) groups excluding carboxylic acids is 4. The van der Waals surface area contributed by atoms with Gasteiger partial charge in [-0.1, -0.05) is 27.7 Å². The van der Waals surface area contributed by atoms with E-state index in [1.165, 1.54) is 28.9 Å². The Morgan fingerprint density at radius 1 is 0.692 bits per heavy atom. The van der Waals surface area contributed by atoms with Crippen molar-refractivity contribution in [1.82, 2.24) is 19.6 Å². The van der Waals surface area contributed by atoms with Crippen LogP contribution in [-0.2, 0) is 40.6 Å². The van der Waals surface area contributed by atoms with Crippen LogP contribution in [0.2, 0.25) is 0 Å². The first-order chi connectivity index (χ1) is 30.4. The van der Waals surface area contributed by atoms with Gasteiger partial charge in [0, 0.05) is 80.9 Å². The van der Waals surface area contributed by atoms with Crippen LogP contribution in [0.4, 0.5) is 33.3 Å². The molecule has 2 aromatic heterocycles. The van der Waals surface area contributed by atoms with Gasteiger partial charge in [-0.25, -0.2) is 18.1 Å². The number of ketones is 2. The van der Waals surface area contributed by atoms with Gasteiger partial charge in [0.05, 0.1) is 45.0 Å². The van der Waals surface area contributed by atoms with Crippen LogP contribution in [-0.4, -0.2) is 86.5 Å². The molecule has 21 heteroatoms. The van der Waals surface area contributed by atoms with Crippen LogP contribution < -0.4 is 22.1 Å². The maximum Gasteiger partial charge on any atom is 0.435 e. The van der Waals surface area contributed by atoms with E-state index in [0.717, 1.165) is 4.68 Å². The summed E-state index contributed by atoms with van der Waals surface area (Å²) in [6.07, 6.45) is -4.17. The molecule has 8 rings (SSSR count). The number of benzene rings is 2. The number of fused-ring (bicyclic) bond motifs is 2. The highest BCUT2D eigenvalue weighted by Gasteiger charge is 2.46. The first kappa shape index (κ1) is 47.6. The summed E-state index contributed by atoms with van der Waals surface area (Å²) in [4.78, 5) is 49.3. The first-order valence-electron chi connectivity index (χ1n) is 21.2. The molecule has 4 aromatic rings. The van der Waals surface area contributed by atoms with E-state index in [9.17, 15) is 49.5 Å². The number of primary amides is 2. The maximum absolute atomic E-state index is 13.7.